The Kier molecular flexibility index (Phi) is 6.49. The molecule has 0 saturated heterocycles. The van der Waals surface area contributed by atoms with Gasteiger partial charge in [0.25, 0.3) is 0 Å². The van der Waals surface area contributed by atoms with E-state index in [1.165, 1.54) is 10.8 Å². The van der Waals surface area contributed by atoms with Crippen molar-refractivity contribution in [3.8, 4) is 33.9 Å². The number of fused-ring (bicyclic) bond motifs is 4. The van der Waals surface area contributed by atoms with Crippen molar-refractivity contribution in [3.05, 3.63) is 146 Å². The molecule has 2 aromatic heterocycles. The second-order valence-corrected chi connectivity index (χ2v) is 10.1. The van der Waals surface area contributed by atoms with Crippen molar-refractivity contribution in [1.29, 1.82) is 0 Å². The number of hydrogen-bond donors (Lipinski definition) is 0. The van der Waals surface area contributed by atoms with Gasteiger partial charge in [-0.15, -0.1) is 0 Å². The molecule has 7 aromatic rings. The molecule has 0 fully saturated rings. The van der Waals surface area contributed by atoms with Crippen molar-refractivity contribution in [2.24, 2.45) is 0 Å². The average molecular weight is 542 g/mol. The van der Waals surface area contributed by atoms with Crippen LogP contribution in [0.4, 0.5) is 0 Å². The second-order valence-electron chi connectivity index (χ2n) is 10.1. The van der Waals surface area contributed by atoms with E-state index in [0.29, 0.717) is 17.5 Å². The fourth-order valence-corrected chi connectivity index (χ4v) is 5.37. The van der Waals surface area contributed by atoms with Crippen LogP contribution in [0.3, 0.4) is 0 Å². The van der Waals surface area contributed by atoms with Crippen LogP contribution in [0, 0.1) is 0 Å². The van der Waals surface area contributed by atoms with E-state index in [9.17, 15) is 0 Å². The van der Waals surface area contributed by atoms with Crippen molar-refractivity contribution in [2.45, 2.75) is 6.92 Å². The number of allylic oxidation sites excluding steroid dienone is 5. The molecule has 0 spiro atoms. The standard InChI is InChI=1S/C38H27N3O/c1-3-5-12-25(4-2)36-39-37(27-14-7-6-8-15-27)41-38(40-36)31-17-11-18-34-35(31)32-24-30(21-22-33(32)42-34)29-20-19-26-13-9-10-16-28(26)23-29/h3-24H,1H2,2H3/b12-5-,25-4+. The highest BCUT2D eigenvalue weighted by Crippen LogP contribution is 2.38. The Hall–Kier alpha value is -5.61. The minimum Gasteiger partial charge on any atom is -0.456 e. The van der Waals surface area contributed by atoms with Gasteiger partial charge in [-0.05, 0) is 53.1 Å². The molecule has 0 bridgehead atoms. The maximum absolute atomic E-state index is 6.34. The molecule has 0 amide bonds. The summed E-state index contributed by atoms with van der Waals surface area (Å²) in [7, 11) is 0. The molecule has 200 valence electrons. The normalized spacial score (nSPS) is 12.1. The largest absolute Gasteiger partial charge is 0.456 e. The third-order valence-electron chi connectivity index (χ3n) is 7.47. The molecule has 0 aliphatic rings. The van der Waals surface area contributed by atoms with Crippen LogP contribution in [0.25, 0.3) is 72.2 Å². The third-order valence-corrected chi connectivity index (χ3v) is 7.47. The summed E-state index contributed by atoms with van der Waals surface area (Å²) >= 11 is 0. The minimum atomic E-state index is 0.592. The maximum atomic E-state index is 6.34. The molecular formula is C38H27N3O. The van der Waals surface area contributed by atoms with E-state index in [4.69, 9.17) is 19.4 Å². The van der Waals surface area contributed by atoms with Gasteiger partial charge in [0.15, 0.2) is 17.5 Å². The zero-order valence-corrected chi connectivity index (χ0v) is 23.2. The first-order valence-corrected chi connectivity index (χ1v) is 13.9. The lowest BCUT2D eigenvalue weighted by atomic mass is 9.98. The van der Waals surface area contributed by atoms with Crippen molar-refractivity contribution in [2.75, 3.05) is 0 Å². The quantitative estimate of drug-likeness (QED) is 0.197. The molecule has 5 aromatic carbocycles. The van der Waals surface area contributed by atoms with E-state index in [2.05, 4.69) is 73.3 Å². The van der Waals surface area contributed by atoms with Crippen LogP contribution in [0.15, 0.2) is 144 Å². The summed E-state index contributed by atoms with van der Waals surface area (Å²) in [5.74, 6) is 1.80. The van der Waals surface area contributed by atoms with Crippen LogP contribution in [0.2, 0.25) is 0 Å². The van der Waals surface area contributed by atoms with Gasteiger partial charge in [-0.25, -0.2) is 15.0 Å². The predicted molar refractivity (Wildman–Crippen MR) is 174 cm³/mol. The Morgan fingerprint density at radius 2 is 1.43 bits per heavy atom. The van der Waals surface area contributed by atoms with Crippen molar-refractivity contribution in [3.63, 3.8) is 0 Å². The van der Waals surface area contributed by atoms with Gasteiger partial charge in [-0.3, -0.25) is 0 Å². The predicted octanol–water partition coefficient (Wildman–Crippen LogP) is 10.1. The molecule has 4 nitrogen and oxygen atoms in total. The smallest absolute Gasteiger partial charge is 0.164 e. The van der Waals surface area contributed by atoms with Crippen molar-refractivity contribution in [1.82, 2.24) is 15.0 Å². The summed E-state index contributed by atoms with van der Waals surface area (Å²) in [5, 5.41) is 4.44. The fraction of sp³-hybridized carbons (Fsp3) is 0.0263. The van der Waals surface area contributed by atoms with Gasteiger partial charge in [-0.1, -0.05) is 116 Å². The summed E-state index contributed by atoms with van der Waals surface area (Å²) < 4.78 is 6.34. The molecule has 0 saturated carbocycles. The summed E-state index contributed by atoms with van der Waals surface area (Å²) in [6.07, 6.45) is 7.59. The molecule has 7 rings (SSSR count). The molecule has 0 atom stereocenters. The zero-order chi connectivity index (χ0) is 28.5. The van der Waals surface area contributed by atoms with Crippen molar-refractivity contribution >= 4 is 38.3 Å². The molecule has 0 N–H and O–H groups in total. The minimum absolute atomic E-state index is 0.592. The van der Waals surface area contributed by atoms with Gasteiger partial charge >= 0.3 is 0 Å². The van der Waals surface area contributed by atoms with Crippen LogP contribution < -0.4 is 0 Å². The van der Waals surface area contributed by atoms with Crippen LogP contribution in [0.1, 0.15) is 12.7 Å². The third kappa shape index (κ3) is 4.59. The molecule has 0 radical (unpaired) electrons. The summed E-state index contributed by atoms with van der Waals surface area (Å²) in [4.78, 5) is 14.8. The highest BCUT2D eigenvalue weighted by atomic mass is 16.3. The maximum Gasteiger partial charge on any atom is 0.164 e. The van der Waals surface area contributed by atoms with Crippen LogP contribution in [-0.4, -0.2) is 15.0 Å². The summed E-state index contributed by atoms with van der Waals surface area (Å²) in [6, 6.07) is 37.4. The van der Waals surface area contributed by atoms with Gasteiger partial charge in [0, 0.05) is 27.5 Å². The van der Waals surface area contributed by atoms with E-state index in [1.54, 1.807) is 6.08 Å². The zero-order valence-electron chi connectivity index (χ0n) is 23.2. The molecular weight excluding hydrogens is 514 g/mol. The van der Waals surface area contributed by atoms with E-state index in [0.717, 1.165) is 49.8 Å². The molecule has 0 unspecified atom stereocenters. The topological polar surface area (TPSA) is 51.8 Å². The Morgan fingerprint density at radius 3 is 2.26 bits per heavy atom. The monoisotopic (exact) mass is 541 g/mol. The first-order valence-electron chi connectivity index (χ1n) is 13.9. The van der Waals surface area contributed by atoms with E-state index >= 15 is 0 Å². The average Bonchev–Trinajstić information content (AvgIpc) is 3.43. The molecule has 0 aliphatic carbocycles. The van der Waals surface area contributed by atoms with Gasteiger partial charge in [0.1, 0.15) is 11.2 Å². The number of benzene rings is 5. The van der Waals surface area contributed by atoms with Crippen LogP contribution >= 0.6 is 0 Å². The number of hydrogen-bond acceptors (Lipinski definition) is 4. The van der Waals surface area contributed by atoms with E-state index in [1.807, 2.05) is 67.6 Å². The molecule has 42 heavy (non-hydrogen) atoms. The van der Waals surface area contributed by atoms with Gasteiger partial charge in [0.05, 0.1) is 0 Å². The van der Waals surface area contributed by atoms with Gasteiger partial charge in [-0.2, -0.15) is 0 Å². The van der Waals surface area contributed by atoms with Crippen LogP contribution in [-0.2, 0) is 0 Å². The second kappa shape index (κ2) is 10.8. The SMILES string of the molecule is C=C/C=C\C(=C/C)c1nc(-c2ccccc2)nc(-c2cccc3oc4ccc(-c5ccc6ccccc6c5)cc4c23)n1. The molecule has 0 aliphatic heterocycles. The molecule has 2 heterocycles. The Labute approximate surface area is 244 Å². The number of nitrogens with zero attached hydrogens (tertiary/aromatic N) is 3. The Balaban J connectivity index is 1.45. The van der Waals surface area contributed by atoms with Crippen LogP contribution in [0.5, 0.6) is 0 Å². The number of furan rings is 1. The Bertz CT molecular complexity index is 2170. The Morgan fingerprint density at radius 1 is 0.667 bits per heavy atom. The highest BCUT2D eigenvalue weighted by molar-refractivity contribution is 6.12. The molecule has 4 heteroatoms. The first-order chi connectivity index (χ1) is 20.7. The summed E-state index contributed by atoms with van der Waals surface area (Å²) in [5.41, 5.74) is 6.60. The lowest BCUT2D eigenvalue weighted by Gasteiger charge is -2.10. The van der Waals surface area contributed by atoms with Gasteiger partial charge in [0.2, 0.25) is 0 Å². The fourth-order valence-electron chi connectivity index (χ4n) is 5.37. The lowest BCUT2D eigenvalue weighted by molar-refractivity contribution is 0.669. The highest BCUT2D eigenvalue weighted by Gasteiger charge is 2.18. The summed E-state index contributed by atoms with van der Waals surface area (Å²) in [6.45, 7) is 5.79. The van der Waals surface area contributed by atoms with E-state index < -0.39 is 0 Å². The van der Waals surface area contributed by atoms with Crippen molar-refractivity contribution < 1.29 is 4.42 Å². The first kappa shape index (κ1) is 25.4. The van der Waals surface area contributed by atoms with Gasteiger partial charge < -0.3 is 4.42 Å². The number of aromatic nitrogens is 3. The lowest BCUT2D eigenvalue weighted by Crippen LogP contribution is -2.02. The van der Waals surface area contributed by atoms with E-state index in [-0.39, 0.29) is 0 Å². The number of rotatable bonds is 6.